The van der Waals surface area contributed by atoms with Gasteiger partial charge in [-0.2, -0.15) is 0 Å². The molecule has 0 aliphatic carbocycles. The van der Waals surface area contributed by atoms with Crippen LogP contribution in [0.4, 0.5) is 5.69 Å². The molecule has 3 aromatic rings. The maximum absolute atomic E-state index is 13.0. The van der Waals surface area contributed by atoms with E-state index in [1.807, 2.05) is 48.5 Å². The van der Waals surface area contributed by atoms with Gasteiger partial charge in [0.1, 0.15) is 5.82 Å². The number of fused-ring (bicyclic) bond motifs is 1. The summed E-state index contributed by atoms with van der Waals surface area (Å²) in [6.45, 7) is 1.64. The van der Waals surface area contributed by atoms with Crippen molar-refractivity contribution in [3.05, 3.63) is 72.2 Å². The van der Waals surface area contributed by atoms with Crippen LogP contribution in [0.3, 0.4) is 0 Å². The molecule has 6 heteroatoms. The molecule has 5 rings (SSSR count). The summed E-state index contributed by atoms with van der Waals surface area (Å²) >= 11 is 0. The molecule has 3 N–H and O–H groups in total. The van der Waals surface area contributed by atoms with E-state index in [0.717, 1.165) is 41.3 Å². The molecule has 148 valence electrons. The second-order valence-electron chi connectivity index (χ2n) is 7.78. The Morgan fingerprint density at radius 1 is 1.10 bits per heavy atom. The molecule has 1 aromatic heterocycles. The Balaban J connectivity index is 1.33. The van der Waals surface area contributed by atoms with Crippen molar-refractivity contribution in [3.8, 4) is 11.3 Å². The van der Waals surface area contributed by atoms with Gasteiger partial charge in [0, 0.05) is 37.0 Å². The minimum atomic E-state index is -0.180. The summed E-state index contributed by atoms with van der Waals surface area (Å²) in [5.74, 6) is 0.994. The van der Waals surface area contributed by atoms with Gasteiger partial charge in [-0.15, -0.1) is 0 Å². The van der Waals surface area contributed by atoms with Crippen LogP contribution in [0, 0.1) is 5.92 Å². The largest absolute Gasteiger partial charge is 0.334 e. The van der Waals surface area contributed by atoms with E-state index in [0.29, 0.717) is 6.54 Å². The van der Waals surface area contributed by atoms with Crippen LogP contribution < -0.4 is 16.2 Å². The maximum atomic E-state index is 13.0. The Kier molecular flexibility index (Phi) is 4.87. The van der Waals surface area contributed by atoms with Gasteiger partial charge in [-0.05, 0) is 30.5 Å². The number of rotatable bonds is 4. The molecule has 0 saturated carbocycles. The van der Waals surface area contributed by atoms with Crippen molar-refractivity contribution >= 4 is 11.6 Å². The monoisotopic (exact) mass is 387 g/mol. The van der Waals surface area contributed by atoms with Gasteiger partial charge in [0.05, 0.1) is 17.7 Å². The molecule has 1 amide bonds. The lowest BCUT2D eigenvalue weighted by molar-refractivity contribution is -0.119. The normalized spacial score (nSPS) is 21.0. The molecule has 2 aromatic carbocycles. The van der Waals surface area contributed by atoms with Crippen molar-refractivity contribution in [1.29, 1.82) is 0 Å². The lowest BCUT2D eigenvalue weighted by Gasteiger charge is -2.18. The Morgan fingerprint density at radius 2 is 2.00 bits per heavy atom. The van der Waals surface area contributed by atoms with Crippen LogP contribution in [0.1, 0.15) is 30.3 Å². The number of hydrazine groups is 1. The number of imidazole rings is 1. The second-order valence-corrected chi connectivity index (χ2v) is 7.78. The number of anilines is 1. The highest BCUT2D eigenvalue weighted by atomic mass is 16.2. The molecule has 2 aliphatic rings. The number of aromatic nitrogens is 2. The number of nitrogens with one attached hydrogen (secondary N) is 3. The standard InChI is InChI=1S/C23H25N5O/c29-23(19-14-24-27-22(19)16-7-2-1-3-8-16)25-18-10-6-9-17(13-18)20-15-28-12-5-4-11-21(28)26-20/h1-3,6-10,13,15,19,22,24,27H,4-5,11-12,14H2,(H,25,29). The first-order valence-corrected chi connectivity index (χ1v) is 10.3. The number of carbonyl (C=O) groups excluding carboxylic acids is 1. The number of amides is 1. The SMILES string of the molecule is O=C(Nc1cccc(-c2cn3c(n2)CCCC3)c1)C1CNNC1c1ccccc1. The molecule has 0 spiro atoms. The van der Waals surface area contributed by atoms with Gasteiger partial charge in [-0.3, -0.25) is 10.2 Å². The number of benzene rings is 2. The number of hydrogen-bond acceptors (Lipinski definition) is 4. The van der Waals surface area contributed by atoms with E-state index in [2.05, 4.69) is 33.0 Å². The average molecular weight is 387 g/mol. The van der Waals surface area contributed by atoms with Gasteiger partial charge in [0.2, 0.25) is 5.91 Å². The first-order valence-electron chi connectivity index (χ1n) is 10.3. The third kappa shape index (κ3) is 3.69. The molecule has 2 aliphatic heterocycles. The van der Waals surface area contributed by atoms with E-state index in [9.17, 15) is 4.79 Å². The lowest BCUT2D eigenvalue weighted by Crippen LogP contribution is -2.29. The molecule has 1 saturated heterocycles. The molecular weight excluding hydrogens is 362 g/mol. The highest BCUT2D eigenvalue weighted by molar-refractivity contribution is 5.94. The van der Waals surface area contributed by atoms with E-state index >= 15 is 0 Å². The Morgan fingerprint density at radius 3 is 2.86 bits per heavy atom. The first-order chi connectivity index (χ1) is 14.3. The molecular formula is C23H25N5O. The molecule has 6 nitrogen and oxygen atoms in total. The van der Waals surface area contributed by atoms with Gasteiger partial charge in [0.15, 0.2) is 0 Å². The van der Waals surface area contributed by atoms with Gasteiger partial charge in [0.25, 0.3) is 0 Å². The van der Waals surface area contributed by atoms with E-state index in [4.69, 9.17) is 4.98 Å². The molecule has 0 radical (unpaired) electrons. The van der Waals surface area contributed by atoms with Crippen LogP contribution in [0.5, 0.6) is 0 Å². The highest BCUT2D eigenvalue weighted by Gasteiger charge is 2.33. The van der Waals surface area contributed by atoms with Crippen LogP contribution in [0.25, 0.3) is 11.3 Å². The maximum Gasteiger partial charge on any atom is 0.230 e. The summed E-state index contributed by atoms with van der Waals surface area (Å²) in [5.41, 5.74) is 10.3. The van der Waals surface area contributed by atoms with Gasteiger partial charge in [-0.1, -0.05) is 42.5 Å². The summed E-state index contributed by atoms with van der Waals surface area (Å²) in [4.78, 5) is 17.8. The Hall–Kier alpha value is -2.96. The number of nitrogens with zero attached hydrogens (tertiary/aromatic N) is 2. The van der Waals surface area contributed by atoms with Gasteiger partial charge < -0.3 is 9.88 Å². The number of aryl methyl sites for hydroxylation is 2. The highest BCUT2D eigenvalue weighted by Crippen LogP contribution is 2.28. The summed E-state index contributed by atoms with van der Waals surface area (Å²) in [6.07, 6.45) is 5.59. The van der Waals surface area contributed by atoms with Crippen LogP contribution in [0.2, 0.25) is 0 Å². The molecule has 0 bridgehead atoms. The fraction of sp³-hybridized carbons (Fsp3) is 0.304. The van der Waals surface area contributed by atoms with Crippen molar-refractivity contribution in [2.24, 2.45) is 5.92 Å². The fourth-order valence-corrected chi connectivity index (χ4v) is 4.26. The van der Waals surface area contributed by atoms with Crippen molar-refractivity contribution in [2.75, 3.05) is 11.9 Å². The number of carbonyl (C=O) groups is 1. The predicted octanol–water partition coefficient (Wildman–Crippen LogP) is 3.29. The molecule has 3 heterocycles. The topological polar surface area (TPSA) is 71.0 Å². The van der Waals surface area contributed by atoms with E-state index in [1.54, 1.807) is 0 Å². The summed E-state index contributed by atoms with van der Waals surface area (Å²) in [6, 6.07) is 18.0. The third-order valence-electron chi connectivity index (χ3n) is 5.81. The molecule has 2 atom stereocenters. The zero-order chi connectivity index (χ0) is 19.6. The van der Waals surface area contributed by atoms with Crippen LogP contribution >= 0.6 is 0 Å². The van der Waals surface area contributed by atoms with Crippen LogP contribution in [-0.2, 0) is 17.8 Å². The number of hydrogen-bond donors (Lipinski definition) is 3. The zero-order valence-electron chi connectivity index (χ0n) is 16.3. The Labute approximate surface area is 170 Å². The second kappa shape index (κ2) is 7.81. The lowest BCUT2D eigenvalue weighted by atomic mass is 9.94. The first kappa shape index (κ1) is 18.1. The fourth-order valence-electron chi connectivity index (χ4n) is 4.26. The van der Waals surface area contributed by atoms with Gasteiger partial charge in [-0.25, -0.2) is 10.4 Å². The van der Waals surface area contributed by atoms with Crippen molar-refractivity contribution < 1.29 is 4.79 Å². The van der Waals surface area contributed by atoms with Crippen molar-refractivity contribution in [1.82, 2.24) is 20.4 Å². The summed E-state index contributed by atoms with van der Waals surface area (Å²) < 4.78 is 2.25. The Bertz CT molecular complexity index is 990. The molecule has 1 fully saturated rings. The average Bonchev–Trinajstić information content (AvgIpc) is 3.42. The smallest absolute Gasteiger partial charge is 0.230 e. The van der Waals surface area contributed by atoms with Crippen LogP contribution in [0.15, 0.2) is 60.8 Å². The minimum absolute atomic E-state index is 0.0117. The predicted molar refractivity (Wildman–Crippen MR) is 113 cm³/mol. The zero-order valence-corrected chi connectivity index (χ0v) is 16.3. The van der Waals surface area contributed by atoms with E-state index in [1.165, 1.54) is 12.8 Å². The van der Waals surface area contributed by atoms with Crippen molar-refractivity contribution in [2.45, 2.75) is 31.8 Å². The molecule has 29 heavy (non-hydrogen) atoms. The van der Waals surface area contributed by atoms with Crippen molar-refractivity contribution in [3.63, 3.8) is 0 Å². The van der Waals surface area contributed by atoms with E-state index < -0.39 is 0 Å². The van der Waals surface area contributed by atoms with Gasteiger partial charge >= 0.3 is 0 Å². The summed E-state index contributed by atoms with van der Waals surface area (Å²) in [7, 11) is 0. The quantitative estimate of drug-likeness (QED) is 0.642. The molecule has 2 unspecified atom stereocenters. The third-order valence-corrected chi connectivity index (χ3v) is 5.81. The van der Waals surface area contributed by atoms with Crippen LogP contribution in [-0.4, -0.2) is 22.0 Å². The summed E-state index contributed by atoms with van der Waals surface area (Å²) in [5, 5.41) is 3.10. The van der Waals surface area contributed by atoms with E-state index in [-0.39, 0.29) is 17.9 Å². The minimum Gasteiger partial charge on any atom is -0.334 e.